The number of carbonyl (C=O) groups excluding carboxylic acids is 1. The standard InChI is InChI=1S/C13H20N2O2/c1-9-5-3-7-11(12(9)14)13(17)15-10(2)6-4-8-16/h3,5,7,10,16H,4,6,8,14H2,1-2H3,(H,15,17). The monoisotopic (exact) mass is 236 g/mol. The SMILES string of the molecule is Cc1cccc(C(=O)NC(C)CCCO)c1N. The van der Waals surface area contributed by atoms with E-state index in [0.717, 1.165) is 12.0 Å². The number of nitrogens with two attached hydrogens (primary N) is 1. The van der Waals surface area contributed by atoms with Crippen molar-refractivity contribution in [2.75, 3.05) is 12.3 Å². The van der Waals surface area contributed by atoms with Crippen LogP contribution in [0, 0.1) is 6.92 Å². The highest BCUT2D eigenvalue weighted by atomic mass is 16.2. The molecule has 0 saturated heterocycles. The Kier molecular flexibility index (Phi) is 4.97. The number of benzene rings is 1. The van der Waals surface area contributed by atoms with E-state index in [2.05, 4.69) is 5.32 Å². The predicted molar refractivity (Wildman–Crippen MR) is 68.8 cm³/mol. The Balaban J connectivity index is 2.67. The third-order valence-electron chi connectivity index (χ3n) is 2.74. The molecule has 1 unspecified atom stereocenters. The molecule has 1 aromatic rings. The van der Waals surface area contributed by atoms with Gasteiger partial charge >= 0.3 is 0 Å². The van der Waals surface area contributed by atoms with Gasteiger partial charge < -0.3 is 16.2 Å². The molecule has 0 spiro atoms. The smallest absolute Gasteiger partial charge is 0.253 e. The molecule has 1 amide bonds. The molecule has 0 fully saturated rings. The number of aliphatic hydroxyl groups excluding tert-OH is 1. The van der Waals surface area contributed by atoms with Crippen LogP contribution in [0.15, 0.2) is 18.2 Å². The first kappa shape index (κ1) is 13.5. The van der Waals surface area contributed by atoms with Crippen LogP contribution in [0.25, 0.3) is 0 Å². The van der Waals surface area contributed by atoms with Gasteiger partial charge in [0.05, 0.1) is 5.56 Å². The van der Waals surface area contributed by atoms with Crippen LogP contribution in [0.3, 0.4) is 0 Å². The van der Waals surface area contributed by atoms with Gasteiger partial charge in [0, 0.05) is 18.3 Å². The van der Waals surface area contributed by atoms with Gasteiger partial charge in [0.2, 0.25) is 0 Å². The Labute approximate surface area is 102 Å². The molecule has 0 saturated carbocycles. The molecule has 1 aromatic carbocycles. The number of nitrogens with one attached hydrogen (secondary N) is 1. The van der Waals surface area contributed by atoms with Crippen LogP contribution in [0.2, 0.25) is 0 Å². The van der Waals surface area contributed by atoms with Crippen molar-refractivity contribution in [2.45, 2.75) is 32.7 Å². The molecule has 0 aliphatic rings. The molecule has 4 nitrogen and oxygen atoms in total. The lowest BCUT2D eigenvalue weighted by atomic mass is 10.1. The van der Waals surface area contributed by atoms with Crippen LogP contribution < -0.4 is 11.1 Å². The number of rotatable bonds is 5. The van der Waals surface area contributed by atoms with E-state index < -0.39 is 0 Å². The maximum atomic E-state index is 11.9. The minimum atomic E-state index is -0.156. The zero-order chi connectivity index (χ0) is 12.8. The number of nitrogen functional groups attached to an aromatic ring is 1. The van der Waals surface area contributed by atoms with Crippen molar-refractivity contribution >= 4 is 11.6 Å². The van der Waals surface area contributed by atoms with Gasteiger partial charge in [0.1, 0.15) is 0 Å². The van der Waals surface area contributed by atoms with Crippen molar-refractivity contribution in [3.8, 4) is 0 Å². The molecule has 4 heteroatoms. The van der Waals surface area contributed by atoms with E-state index in [-0.39, 0.29) is 18.6 Å². The number of aryl methyl sites for hydroxylation is 1. The molecule has 17 heavy (non-hydrogen) atoms. The van der Waals surface area contributed by atoms with Crippen molar-refractivity contribution in [3.05, 3.63) is 29.3 Å². The second-order valence-corrected chi connectivity index (χ2v) is 4.28. The van der Waals surface area contributed by atoms with Crippen LogP contribution in [-0.4, -0.2) is 23.7 Å². The van der Waals surface area contributed by atoms with Crippen molar-refractivity contribution in [1.82, 2.24) is 5.32 Å². The van der Waals surface area contributed by atoms with Gasteiger partial charge in [-0.05, 0) is 38.3 Å². The van der Waals surface area contributed by atoms with Crippen molar-refractivity contribution in [1.29, 1.82) is 0 Å². The highest BCUT2D eigenvalue weighted by Crippen LogP contribution is 2.16. The van der Waals surface area contributed by atoms with Crippen molar-refractivity contribution < 1.29 is 9.90 Å². The topological polar surface area (TPSA) is 75.3 Å². The largest absolute Gasteiger partial charge is 0.398 e. The van der Waals surface area contributed by atoms with E-state index in [4.69, 9.17) is 10.8 Å². The number of hydrogen-bond acceptors (Lipinski definition) is 3. The number of para-hydroxylation sites is 1. The first-order valence-corrected chi connectivity index (χ1v) is 5.83. The highest BCUT2D eigenvalue weighted by Gasteiger charge is 2.13. The predicted octanol–water partition coefficient (Wildman–Crippen LogP) is 1.47. The lowest BCUT2D eigenvalue weighted by Crippen LogP contribution is -2.33. The van der Waals surface area contributed by atoms with Gasteiger partial charge in [-0.2, -0.15) is 0 Å². The summed E-state index contributed by atoms with van der Waals surface area (Å²) in [6.07, 6.45) is 1.44. The van der Waals surface area contributed by atoms with Crippen LogP contribution in [-0.2, 0) is 0 Å². The molecular weight excluding hydrogens is 216 g/mol. The Morgan fingerprint density at radius 3 is 2.88 bits per heavy atom. The molecule has 1 atom stereocenters. The molecule has 0 aromatic heterocycles. The lowest BCUT2D eigenvalue weighted by molar-refractivity contribution is 0.0937. The fourth-order valence-corrected chi connectivity index (χ4v) is 1.65. The fourth-order valence-electron chi connectivity index (χ4n) is 1.65. The molecule has 0 aliphatic heterocycles. The van der Waals surface area contributed by atoms with E-state index in [1.54, 1.807) is 6.07 Å². The minimum absolute atomic E-state index is 0.0366. The van der Waals surface area contributed by atoms with Crippen LogP contribution in [0.4, 0.5) is 5.69 Å². The summed E-state index contributed by atoms with van der Waals surface area (Å²) in [6.45, 7) is 3.94. The quantitative estimate of drug-likeness (QED) is 0.678. The summed E-state index contributed by atoms with van der Waals surface area (Å²) in [5, 5.41) is 11.6. The maximum Gasteiger partial charge on any atom is 0.253 e. The molecule has 94 valence electrons. The first-order chi connectivity index (χ1) is 8.06. The van der Waals surface area contributed by atoms with Crippen molar-refractivity contribution in [2.24, 2.45) is 0 Å². The van der Waals surface area contributed by atoms with Gasteiger partial charge in [0.25, 0.3) is 5.91 Å². The summed E-state index contributed by atoms with van der Waals surface area (Å²) in [7, 11) is 0. The number of hydrogen-bond donors (Lipinski definition) is 3. The van der Waals surface area contributed by atoms with Crippen molar-refractivity contribution in [3.63, 3.8) is 0 Å². The summed E-state index contributed by atoms with van der Waals surface area (Å²) in [4.78, 5) is 11.9. The second kappa shape index (κ2) is 6.25. The molecule has 0 heterocycles. The van der Waals surface area contributed by atoms with Crippen LogP contribution in [0.5, 0.6) is 0 Å². The zero-order valence-corrected chi connectivity index (χ0v) is 10.4. The summed E-state index contributed by atoms with van der Waals surface area (Å²) < 4.78 is 0. The third kappa shape index (κ3) is 3.75. The summed E-state index contributed by atoms with van der Waals surface area (Å²) in [5.74, 6) is -0.156. The lowest BCUT2D eigenvalue weighted by Gasteiger charge is -2.14. The summed E-state index contributed by atoms with van der Waals surface area (Å²) in [6, 6.07) is 5.45. The number of carbonyl (C=O) groups is 1. The molecule has 0 bridgehead atoms. The molecular formula is C13H20N2O2. The molecule has 0 aliphatic carbocycles. The number of amides is 1. The van der Waals surface area contributed by atoms with Gasteiger partial charge in [-0.1, -0.05) is 12.1 Å². The Morgan fingerprint density at radius 2 is 2.24 bits per heavy atom. The van der Waals surface area contributed by atoms with Gasteiger partial charge in [-0.3, -0.25) is 4.79 Å². The fraction of sp³-hybridized carbons (Fsp3) is 0.462. The van der Waals surface area contributed by atoms with Gasteiger partial charge in [-0.15, -0.1) is 0 Å². The van der Waals surface area contributed by atoms with E-state index >= 15 is 0 Å². The number of anilines is 1. The van der Waals surface area contributed by atoms with E-state index in [1.165, 1.54) is 0 Å². The zero-order valence-electron chi connectivity index (χ0n) is 10.4. The second-order valence-electron chi connectivity index (χ2n) is 4.28. The molecule has 1 rings (SSSR count). The average Bonchev–Trinajstić information content (AvgIpc) is 2.29. The van der Waals surface area contributed by atoms with Crippen LogP contribution >= 0.6 is 0 Å². The number of aliphatic hydroxyl groups is 1. The molecule has 4 N–H and O–H groups in total. The maximum absolute atomic E-state index is 11.9. The van der Waals surface area contributed by atoms with E-state index in [1.807, 2.05) is 26.0 Å². The highest BCUT2D eigenvalue weighted by molar-refractivity contribution is 5.99. The van der Waals surface area contributed by atoms with E-state index in [9.17, 15) is 4.79 Å². The Hall–Kier alpha value is -1.55. The first-order valence-electron chi connectivity index (χ1n) is 5.83. The Morgan fingerprint density at radius 1 is 1.53 bits per heavy atom. The summed E-state index contributed by atoms with van der Waals surface area (Å²) in [5.41, 5.74) is 7.80. The van der Waals surface area contributed by atoms with Crippen LogP contribution in [0.1, 0.15) is 35.7 Å². The Bertz CT molecular complexity index is 391. The third-order valence-corrected chi connectivity index (χ3v) is 2.74. The molecule has 0 radical (unpaired) electrons. The normalized spacial score (nSPS) is 12.2. The van der Waals surface area contributed by atoms with Gasteiger partial charge in [0.15, 0.2) is 0 Å². The minimum Gasteiger partial charge on any atom is -0.398 e. The van der Waals surface area contributed by atoms with Gasteiger partial charge in [-0.25, -0.2) is 0 Å². The van der Waals surface area contributed by atoms with E-state index in [0.29, 0.717) is 17.7 Å². The average molecular weight is 236 g/mol. The summed E-state index contributed by atoms with van der Waals surface area (Å²) >= 11 is 0.